The number of carboxylic acid groups (broad SMARTS) is 1. The molecule has 1 fully saturated rings. The predicted octanol–water partition coefficient (Wildman–Crippen LogP) is 2.02. The summed E-state index contributed by atoms with van der Waals surface area (Å²) >= 11 is 5.80. The van der Waals surface area contributed by atoms with Crippen LogP contribution in [0.2, 0.25) is 5.02 Å². The summed E-state index contributed by atoms with van der Waals surface area (Å²) in [7, 11) is 0. The van der Waals surface area contributed by atoms with Crippen molar-refractivity contribution in [3.8, 4) is 0 Å². The van der Waals surface area contributed by atoms with Crippen molar-refractivity contribution in [2.45, 2.75) is 31.2 Å². The average molecular weight is 312 g/mol. The van der Waals surface area contributed by atoms with Crippen LogP contribution >= 0.6 is 11.6 Å². The largest absolute Gasteiger partial charge is 0.481 e. The molecule has 0 aliphatic carbocycles. The Morgan fingerprint density at radius 1 is 1.24 bits per heavy atom. The summed E-state index contributed by atoms with van der Waals surface area (Å²) in [6, 6.07) is 7.03. The van der Waals surface area contributed by atoms with Crippen LogP contribution in [0.3, 0.4) is 0 Å². The van der Waals surface area contributed by atoms with Gasteiger partial charge in [-0.15, -0.1) is 0 Å². The van der Waals surface area contributed by atoms with Gasteiger partial charge in [-0.3, -0.25) is 9.59 Å². The van der Waals surface area contributed by atoms with Crippen molar-refractivity contribution in [3.63, 3.8) is 0 Å². The van der Waals surface area contributed by atoms with Gasteiger partial charge in [-0.05, 0) is 30.5 Å². The number of carbonyl (C=O) groups excluding carboxylic acids is 1. The quantitative estimate of drug-likeness (QED) is 0.872. The van der Waals surface area contributed by atoms with Gasteiger partial charge in [0.05, 0.1) is 18.4 Å². The van der Waals surface area contributed by atoms with Crippen LogP contribution in [0.25, 0.3) is 0 Å². The molecule has 114 valence electrons. The Morgan fingerprint density at radius 2 is 1.86 bits per heavy atom. The van der Waals surface area contributed by atoms with E-state index in [1.54, 1.807) is 24.3 Å². The Hall–Kier alpha value is -1.59. The second kappa shape index (κ2) is 6.91. The van der Waals surface area contributed by atoms with E-state index < -0.39 is 11.5 Å². The number of carboxylic acids is 1. The summed E-state index contributed by atoms with van der Waals surface area (Å²) in [4.78, 5) is 23.2. The maximum Gasteiger partial charge on any atom is 0.305 e. The lowest BCUT2D eigenvalue weighted by molar-refractivity contribution is -0.140. The predicted molar refractivity (Wildman–Crippen MR) is 78.3 cm³/mol. The van der Waals surface area contributed by atoms with Crippen LogP contribution in [-0.2, 0) is 20.7 Å². The molecule has 0 saturated carbocycles. The van der Waals surface area contributed by atoms with Crippen LogP contribution in [0.1, 0.15) is 24.8 Å². The number of nitrogens with one attached hydrogen (secondary N) is 1. The zero-order valence-corrected chi connectivity index (χ0v) is 12.4. The lowest BCUT2D eigenvalue weighted by Crippen LogP contribution is -2.53. The summed E-state index contributed by atoms with van der Waals surface area (Å²) < 4.78 is 5.26. The number of halogens is 1. The summed E-state index contributed by atoms with van der Waals surface area (Å²) in [6.45, 7) is 0.934. The van der Waals surface area contributed by atoms with Gasteiger partial charge in [0.2, 0.25) is 5.91 Å². The third kappa shape index (κ3) is 4.72. The minimum atomic E-state index is -0.913. The van der Waals surface area contributed by atoms with Crippen LogP contribution < -0.4 is 5.32 Å². The molecule has 21 heavy (non-hydrogen) atoms. The fourth-order valence-corrected chi connectivity index (χ4v) is 2.65. The molecular formula is C15H18ClNO4. The number of hydrogen-bond acceptors (Lipinski definition) is 3. The lowest BCUT2D eigenvalue weighted by Gasteiger charge is -2.36. The van der Waals surface area contributed by atoms with Gasteiger partial charge < -0.3 is 15.2 Å². The molecule has 2 N–H and O–H groups in total. The first-order chi connectivity index (χ1) is 9.99. The first-order valence-electron chi connectivity index (χ1n) is 6.84. The smallest absolute Gasteiger partial charge is 0.305 e. The number of carbonyl (C=O) groups is 2. The van der Waals surface area contributed by atoms with Gasteiger partial charge in [-0.2, -0.15) is 0 Å². The van der Waals surface area contributed by atoms with E-state index in [-0.39, 0.29) is 18.7 Å². The molecule has 0 unspecified atom stereocenters. The van der Waals surface area contributed by atoms with Crippen LogP contribution in [-0.4, -0.2) is 35.7 Å². The first-order valence-corrected chi connectivity index (χ1v) is 7.22. The van der Waals surface area contributed by atoms with E-state index in [4.69, 9.17) is 21.4 Å². The molecule has 1 amide bonds. The number of ether oxygens (including phenoxy) is 1. The number of benzene rings is 1. The van der Waals surface area contributed by atoms with Crippen LogP contribution in [0.5, 0.6) is 0 Å². The van der Waals surface area contributed by atoms with E-state index in [9.17, 15) is 9.59 Å². The van der Waals surface area contributed by atoms with Gasteiger partial charge in [-0.25, -0.2) is 0 Å². The van der Waals surface area contributed by atoms with Crippen molar-refractivity contribution in [1.29, 1.82) is 0 Å². The average Bonchev–Trinajstić information content (AvgIpc) is 2.41. The van der Waals surface area contributed by atoms with E-state index in [2.05, 4.69) is 5.32 Å². The highest BCUT2D eigenvalue weighted by Crippen LogP contribution is 2.25. The highest BCUT2D eigenvalue weighted by Gasteiger charge is 2.36. The minimum absolute atomic E-state index is 0.0806. The van der Waals surface area contributed by atoms with Gasteiger partial charge in [0, 0.05) is 18.2 Å². The fraction of sp³-hybridized carbons (Fsp3) is 0.467. The Balaban J connectivity index is 2.00. The Labute approximate surface area is 128 Å². The second-order valence-corrected chi connectivity index (χ2v) is 5.75. The molecular weight excluding hydrogens is 294 g/mol. The van der Waals surface area contributed by atoms with Crippen molar-refractivity contribution in [3.05, 3.63) is 34.9 Å². The Kier molecular flexibility index (Phi) is 5.20. The number of amides is 1. The van der Waals surface area contributed by atoms with Gasteiger partial charge in [0.1, 0.15) is 0 Å². The molecule has 6 heteroatoms. The molecule has 1 heterocycles. The van der Waals surface area contributed by atoms with Crippen LogP contribution in [0.4, 0.5) is 0 Å². The summed E-state index contributed by atoms with van der Waals surface area (Å²) in [6.07, 6.45) is 1.17. The molecule has 2 rings (SSSR count). The highest BCUT2D eigenvalue weighted by molar-refractivity contribution is 6.30. The van der Waals surface area contributed by atoms with Gasteiger partial charge in [-0.1, -0.05) is 23.7 Å². The van der Waals surface area contributed by atoms with E-state index in [1.807, 2.05) is 0 Å². The van der Waals surface area contributed by atoms with Crippen molar-refractivity contribution in [2.75, 3.05) is 13.2 Å². The Morgan fingerprint density at radius 3 is 2.43 bits per heavy atom. The molecule has 0 bridgehead atoms. The van der Waals surface area contributed by atoms with E-state index in [0.29, 0.717) is 31.1 Å². The molecule has 0 atom stereocenters. The maximum atomic E-state index is 12.2. The molecule has 1 aromatic carbocycles. The third-order valence-electron chi connectivity index (χ3n) is 3.62. The zero-order chi connectivity index (χ0) is 15.3. The van der Waals surface area contributed by atoms with Gasteiger partial charge in [0.25, 0.3) is 0 Å². The highest BCUT2D eigenvalue weighted by atomic mass is 35.5. The Bertz CT molecular complexity index is 509. The maximum absolute atomic E-state index is 12.2. The van der Waals surface area contributed by atoms with Crippen molar-refractivity contribution < 1.29 is 19.4 Å². The number of rotatable bonds is 5. The topological polar surface area (TPSA) is 75.6 Å². The fourth-order valence-electron chi connectivity index (χ4n) is 2.53. The minimum Gasteiger partial charge on any atom is -0.481 e. The standard InChI is InChI=1S/C15H18ClNO4/c16-12-3-1-11(2-4-12)9-13(18)17-15(10-14(19)20)5-7-21-8-6-15/h1-4H,5-10H2,(H,17,18)(H,19,20). The van der Waals surface area contributed by atoms with Crippen molar-refractivity contribution >= 4 is 23.5 Å². The summed E-state index contributed by atoms with van der Waals surface area (Å²) in [5, 5.41) is 12.6. The molecule has 0 spiro atoms. The van der Waals surface area contributed by atoms with E-state index in [1.165, 1.54) is 0 Å². The van der Waals surface area contributed by atoms with E-state index in [0.717, 1.165) is 5.56 Å². The molecule has 1 aromatic rings. The van der Waals surface area contributed by atoms with Crippen LogP contribution in [0.15, 0.2) is 24.3 Å². The van der Waals surface area contributed by atoms with Gasteiger partial charge >= 0.3 is 5.97 Å². The normalized spacial score (nSPS) is 17.2. The van der Waals surface area contributed by atoms with Crippen molar-refractivity contribution in [1.82, 2.24) is 5.32 Å². The summed E-state index contributed by atoms with van der Waals surface area (Å²) in [5.74, 6) is -1.09. The molecule has 1 aliphatic rings. The van der Waals surface area contributed by atoms with Crippen molar-refractivity contribution in [2.24, 2.45) is 0 Å². The summed E-state index contributed by atoms with van der Waals surface area (Å²) in [5.41, 5.74) is 0.141. The monoisotopic (exact) mass is 311 g/mol. The lowest BCUT2D eigenvalue weighted by atomic mass is 9.86. The SMILES string of the molecule is O=C(O)CC1(NC(=O)Cc2ccc(Cl)cc2)CCOCC1. The van der Waals surface area contributed by atoms with E-state index >= 15 is 0 Å². The molecule has 1 saturated heterocycles. The zero-order valence-electron chi connectivity index (χ0n) is 11.6. The molecule has 1 aliphatic heterocycles. The molecule has 5 nitrogen and oxygen atoms in total. The molecule has 0 radical (unpaired) electrons. The van der Waals surface area contributed by atoms with Gasteiger partial charge in [0.15, 0.2) is 0 Å². The molecule has 0 aromatic heterocycles. The first kappa shape index (κ1) is 15.8. The number of hydrogen-bond donors (Lipinski definition) is 2. The second-order valence-electron chi connectivity index (χ2n) is 5.31. The third-order valence-corrected chi connectivity index (χ3v) is 3.87. The van der Waals surface area contributed by atoms with Crippen LogP contribution in [0, 0.1) is 0 Å². The number of aliphatic carboxylic acids is 1.